The average Bonchev–Trinajstić information content (AvgIpc) is 2.03. The summed E-state index contributed by atoms with van der Waals surface area (Å²) in [6, 6.07) is -0.00951. The molecule has 0 radical (unpaired) electrons. The van der Waals surface area contributed by atoms with E-state index < -0.39 is 0 Å². The molecule has 76 valence electrons. The first kappa shape index (κ1) is 10.5. The second-order valence-corrected chi connectivity index (χ2v) is 4.27. The first-order valence-corrected chi connectivity index (χ1v) is 5.13. The molecule has 0 saturated carbocycles. The molecule has 1 fully saturated rings. The fraction of sp³-hybridized carbons (Fsp3) is 0.900. The minimum Gasteiger partial charge on any atom is -0.342 e. The van der Waals surface area contributed by atoms with Crippen LogP contribution in [-0.4, -0.2) is 29.9 Å². The Hall–Kier alpha value is -0.570. The van der Waals surface area contributed by atoms with Crippen molar-refractivity contribution in [3.63, 3.8) is 0 Å². The molecule has 2 unspecified atom stereocenters. The molecule has 0 aliphatic carbocycles. The van der Waals surface area contributed by atoms with Crippen LogP contribution in [0.4, 0.5) is 0 Å². The Kier molecular flexibility index (Phi) is 3.72. The van der Waals surface area contributed by atoms with Gasteiger partial charge in [0.05, 0.1) is 0 Å². The van der Waals surface area contributed by atoms with Gasteiger partial charge >= 0.3 is 0 Å². The molecule has 1 rings (SSSR count). The number of nitrogens with two attached hydrogens (primary N) is 1. The number of carbonyl (C=O) groups is 1. The van der Waals surface area contributed by atoms with Crippen LogP contribution in [0.2, 0.25) is 0 Å². The number of piperidine rings is 1. The molecular weight excluding hydrogens is 164 g/mol. The van der Waals surface area contributed by atoms with E-state index in [1.807, 2.05) is 11.8 Å². The summed E-state index contributed by atoms with van der Waals surface area (Å²) in [5, 5.41) is 0. The van der Waals surface area contributed by atoms with E-state index in [4.69, 9.17) is 5.73 Å². The zero-order valence-corrected chi connectivity index (χ0v) is 8.62. The van der Waals surface area contributed by atoms with Gasteiger partial charge in [-0.2, -0.15) is 0 Å². The highest BCUT2D eigenvalue weighted by Gasteiger charge is 2.20. The van der Waals surface area contributed by atoms with Gasteiger partial charge in [0.15, 0.2) is 0 Å². The molecule has 2 N–H and O–H groups in total. The Morgan fingerprint density at radius 2 is 2.38 bits per heavy atom. The SMILES string of the molecule is CC(N)CC(=O)N1CCCC(C)C1. The Labute approximate surface area is 80.3 Å². The second-order valence-electron chi connectivity index (χ2n) is 4.27. The summed E-state index contributed by atoms with van der Waals surface area (Å²) in [6.45, 7) is 5.93. The number of likely N-dealkylation sites (tertiary alicyclic amines) is 1. The molecular formula is C10H20N2O. The zero-order chi connectivity index (χ0) is 9.84. The third-order valence-corrected chi connectivity index (χ3v) is 2.51. The van der Waals surface area contributed by atoms with Crippen LogP contribution in [0, 0.1) is 5.92 Å². The number of nitrogens with zero attached hydrogens (tertiary/aromatic N) is 1. The van der Waals surface area contributed by atoms with Crippen molar-refractivity contribution in [3.8, 4) is 0 Å². The lowest BCUT2D eigenvalue weighted by molar-refractivity contribution is -0.133. The van der Waals surface area contributed by atoms with E-state index >= 15 is 0 Å². The summed E-state index contributed by atoms with van der Waals surface area (Å²) < 4.78 is 0. The Balaban J connectivity index is 2.37. The third-order valence-electron chi connectivity index (χ3n) is 2.51. The monoisotopic (exact) mass is 184 g/mol. The normalized spacial score (nSPS) is 25.8. The van der Waals surface area contributed by atoms with Crippen molar-refractivity contribution in [2.75, 3.05) is 13.1 Å². The van der Waals surface area contributed by atoms with E-state index in [1.54, 1.807) is 0 Å². The topological polar surface area (TPSA) is 46.3 Å². The predicted octanol–water partition coefficient (Wildman–Crippen LogP) is 0.982. The lowest BCUT2D eigenvalue weighted by Gasteiger charge is -2.31. The molecule has 1 aliphatic rings. The van der Waals surface area contributed by atoms with Crippen LogP contribution in [0.15, 0.2) is 0 Å². The molecule has 0 bridgehead atoms. The largest absolute Gasteiger partial charge is 0.342 e. The van der Waals surface area contributed by atoms with Gasteiger partial charge in [0.2, 0.25) is 5.91 Å². The zero-order valence-electron chi connectivity index (χ0n) is 8.62. The van der Waals surface area contributed by atoms with E-state index in [2.05, 4.69) is 6.92 Å². The van der Waals surface area contributed by atoms with E-state index in [-0.39, 0.29) is 11.9 Å². The summed E-state index contributed by atoms with van der Waals surface area (Å²) >= 11 is 0. The maximum absolute atomic E-state index is 11.6. The van der Waals surface area contributed by atoms with Crippen molar-refractivity contribution in [2.45, 2.75) is 39.2 Å². The van der Waals surface area contributed by atoms with Gasteiger partial charge in [0.1, 0.15) is 0 Å². The van der Waals surface area contributed by atoms with Gasteiger partial charge in [0, 0.05) is 25.6 Å². The summed E-state index contributed by atoms with van der Waals surface area (Å²) in [6.07, 6.45) is 2.89. The van der Waals surface area contributed by atoms with Gasteiger partial charge in [-0.15, -0.1) is 0 Å². The van der Waals surface area contributed by atoms with Crippen molar-refractivity contribution in [1.29, 1.82) is 0 Å². The minimum absolute atomic E-state index is 0.00951. The molecule has 3 nitrogen and oxygen atoms in total. The van der Waals surface area contributed by atoms with Crippen LogP contribution in [0.5, 0.6) is 0 Å². The maximum Gasteiger partial charge on any atom is 0.224 e. The Bertz CT molecular complexity index is 180. The molecule has 0 aromatic carbocycles. The lowest BCUT2D eigenvalue weighted by atomic mass is 10.00. The summed E-state index contributed by atoms with van der Waals surface area (Å²) in [4.78, 5) is 13.6. The fourth-order valence-corrected chi connectivity index (χ4v) is 1.82. The van der Waals surface area contributed by atoms with Crippen LogP contribution in [0.3, 0.4) is 0 Å². The Morgan fingerprint density at radius 3 is 2.92 bits per heavy atom. The molecule has 13 heavy (non-hydrogen) atoms. The van der Waals surface area contributed by atoms with Crippen molar-refractivity contribution >= 4 is 5.91 Å². The smallest absolute Gasteiger partial charge is 0.224 e. The third kappa shape index (κ3) is 3.35. The molecule has 0 aromatic rings. The maximum atomic E-state index is 11.6. The molecule has 1 aliphatic heterocycles. The minimum atomic E-state index is -0.00951. The first-order valence-electron chi connectivity index (χ1n) is 5.13. The molecule has 0 aromatic heterocycles. The quantitative estimate of drug-likeness (QED) is 0.695. The van der Waals surface area contributed by atoms with E-state index in [0.717, 1.165) is 19.5 Å². The average molecular weight is 184 g/mol. The molecule has 1 amide bonds. The molecule has 2 atom stereocenters. The summed E-state index contributed by atoms with van der Waals surface area (Å²) in [7, 11) is 0. The van der Waals surface area contributed by atoms with Crippen LogP contribution in [-0.2, 0) is 4.79 Å². The van der Waals surface area contributed by atoms with E-state index in [1.165, 1.54) is 6.42 Å². The highest BCUT2D eigenvalue weighted by molar-refractivity contribution is 5.76. The summed E-state index contributed by atoms with van der Waals surface area (Å²) in [5.74, 6) is 0.882. The van der Waals surface area contributed by atoms with Crippen molar-refractivity contribution < 1.29 is 4.79 Å². The lowest BCUT2D eigenvalue weighted by Crippen LogP contribution is -2.41. The van der Waals surface area contributed by atoms with Gasteiger partial charge in [-0.3, -0.25) is 4.79 Å². The number of carbonyl (C=O) groups excluding carboxylic acids is 1. The van der Waals surface area contributed by atoms with E-state index in [0.29, 0.717) is 12.3 Å². The van der Waals surface area contributed by atoms with Gasteiger partial charge in [-0.05, 0) is 25.7 Å². The summed E-state index contributed by atoms with van der Waals surface area (Å²) in [5.41, 5.74) is 5.59. The van der Waals surface area contributed by atoms with Gasteiger partial charge < -0.3 is 10.6 Å². The van der Waals surface area contributed by atoms with Crippen LogP contribution in [0.1, 0.15) is 33.1 Å². The Morgan fingerprint density at radius 1 is 1.69 bits per heavy atom. The molecule has 1 saturated heterocycles. The van der Waals surface area contributed by atoms with Crippen molar-refractivity contribution in [2.24, 2.45) is 11.7 Å². The first-order chi connectivity index (χ1) is 6.09. The standard InChI is InChI=1S/C10H20N2O/c1-8-4-3-5-12(7-8)10(13)6-9(2)11/h8-9H,3-7,11H2,1-2H3. The number of hydrogen-bond acceptors (Lipinski definition) is 2. The van der Waals surface area contributed by atoms with Gasteiger partial charge in [-0.1, -0.05) is 6.92 Å². The fourth-order valence-electron chi connectivity index (χ4n) is 1.82. The highest BCUT2D eigenvalue weighted by Crippen LogP contribution is 2.16. The number of hydrogen-bond donors (Lipinski definition) is 1. The van der Waals surface area contributed by atoms with Crippen molar-refractivity contribution in [3.05, 3.63) is 0 Å². The highest BCUT2D eigenvalue weighted by atomic mass is 16.2. The van der Waals surface area contributed by atoms with Crippen LogP contribution < -0.4 is 5.73 Å². The number of amides is 1. The molecule has 1 heterocycles. The van der Waals surface area contributed by atoms with Gasteiger partial charge in [0.25, 0.3) is 0 Å². The second kappa shape index (κ2) is 4.61. The molecule has 0 spiro atoms. The number of rotatable bonds is 2. The predicted molar refractivity (Wildman–Crippen MR) is 53.2 cm³/mol. The van der Waals surface area contributed by atoms with Crippen LogP contribution >= 0.6 is 0 Å². The molecule has 3 heteroatoms. The van der Waals surface area contributed by atoms with Crippen LogP contribution in [0.25, 0.3) is 0 Å². The van der Waals surface area contributed by atoms with Crippen molar-refractivity contribution in [1.82, 2.24) is 4.90 Å². The van der Waals surface area contributed by atoms with Gasteiger partial charge in [-0.25, -0.2) is 0 Å². The van der Waals surface area contributed by atoms with E-state index in [9.17, 15) is 4.79 Å².